The lowest BCUT2D eigenvalue weighted by Crippen LogP contribution is -2.56. The van der Waals surface area contributed by atoms with Crippen molar-refractivity contribution in [3.8, 4) is 22.8 Å². The Morgan fingerprint density at radius 1 is 0.973 bits per heavy atom. The van der Waals surface area contributed by atoms with Gasteiger partial charge in [0.15, 0.2) is 23.1 Å². The van der Waals surface area contributed by atoms with Gasteiger partial charge in [-0.1, -0.05) is 48.9 Å². The van der Waals surface area contributed by atoms with Gasteiger partial charge in [-0.25, -0.2) is 27.3 Å². The van der Waals surface area contributed by atoms with Crippen molar-refractivity contribution >= 4 is 52.1 Å². The second kappa shape index (κ2) is 20.2. The second-order valence-electron chi connectivity index (χ2n) is 19.9. The molecular formula is C52H56ClF4N9O7. The summed E-state index contributed by atoms with van der Waals surface area (Å²) in [5.74, 6) is -5.79. The van der Waals surface area contributed by atoms with E-state index in [0.717, 1.165) is 37.2 Å². The van der Waals surface area contributed by atoms with Gasteiger partial charge in [-0.05, 0) is 69.2 Å². The van der Waals surface area contributed by atoms with E-state index >= 15 is 17.6 Å². The predicted octanol–water partition coefficient (Wildman–Crippen LogP) is 6.64. The van der Waals surface area contributed by atoms with E-state index in [-0.39, 0.29) is 95.0 Å². The molecule has 1 aliphatic carbocycles. The minimum absolute atomic E-state index is 0.0163. The number of ether oxygens (including phenoxy) is 2. The van der Waals surface area contributed by atoms with Crippen molar-refractivity contribution < 1.29 is 51.3 Å². The largest absolute Gasteiger partial charge is 0.480 e. The Morgan fingerprint density at radius 3 is 2.38 bits per heavy atom. The average Bonchev–Trinajstić information content (AvgIpc) is 3.84. The molecule has 2 unspecified atom stereocenters. The summed E-state index contributed by atoms with van der Waals surface area (Å²) in [5, 5.41) is 19.3. The zero-order valence-corrected chi connectivity index (χ0v) is 41.1. The summed E-state index contributed by atoms with van der Waals surface area (Å²) in [7, 11) is 1.55. The van der Waals surface area contributed by atoms with Gasteiger partial charge in [0, 0.05) is 105 Å². The lowest BCUT2D eigenvalue weighted by atomic mass is 9.77. The molecule has 3 aromatic carbocycles. The molecule has 0 bridgehead atoms. The molecule has 4 fully saturated rings. The first-order valence-corrected chi connectivity index (χ1v) is 25.1. The molecule has 1 saturated carbocycles. The van der Waals surface area contributed by atoms with Gasteiger partial charge in [-0.2, -0.15) is 5.10 Å². The number of aliphatic hydroxyl groups is 1. The van der Waals surface area contributed by atoms with E-state index in [1.807, 2.05) is 42.2 Å². The summed E-state index contributed by atoms with van der Waals surface area (Å²) in [5.41, 5.74) is 4.95. The number of benzene rings is 3. The number of nitrogens with two attached hydrogens (primary N) is 1. The topological polar surface area (TPSA) is 197 Å². The number of fused-ring (bicyclic) bond motifs is 2. The first-order chi connectivity index (χ1) is 35.1. The minimum atomic E-state index is -1.15. The van der Waals surface area contributed by atoms with Crippen LogP contribution < -0.4 is 30.7 Å². The van der Waals surface area contributed by atoms with Gasteiger partial charge in [0.2, 0.25) is 11.8 Å². The number of anilines is 1. The van der Waals surface area contributed by atoms with Crippen molar-refractivity contribution in [1.82, 2.24) is 35.2 Å². The number of aliphatic hydroxyl groups excluding tert-OH is 1. The molecule has 4 aliphatic heterocycles. The number of aryl methyl sites for hydroxylation is 1. The Balaban J connectivity index is 0.747. The first-order valence-electron chi connectivity index (χ1n) is 24.8. The zero-order chi connectivity index (χ0) is 51.5. The summed E-state index contributed by atoms with van der Waals surface area (Å²) in [6, 6.07) is 11.1. The van der Waals surface area contributed by atoms with E-state index in [9.17, 15) is 24.3 Å². The number of halogens is 5. The molecular weight excluding hydrogens is 974 g/mol. The quantitative estimate of drug-likeness (QED) is 0.0871. The van der Waals surface area contributed by atoms with Gasteiger partial charge >= 0.3 is 6.03 Å². The van der Waals surface area contributed by atoms with E-state index in [1.54, 1.807) is 7.05 Å². The molecule has 5 aromatic rings. The number of rotatable bonds is 14. The normalized spacial score (nSPS) is 22.8. The molecule has 10 rings (SSSR count). The van der Waals surface area contributed by atoms with E-state index in [2.05, 4.69) is 25.6 Å². The highest BCUT2D eigenvalue weighted by atomic mass is 35.5. The van der Waals surface area contributed by atoms with Crippen LogP contribution >= 0.6 is 11.6 Å². The van der Waals surface area contributed by atoms with Gasteiger partial charge in [0.05, 0.1) is 22.6 Å². The van der Waals surface area contributed by atoms with Crippen molar-refractivity contribution in [2.75, 3.05) is 63.9 Å². The third-order valence-electron chi connectivity index (χ3n) is 15.6. The van der Waals surface area contributed by atoms with Crippen LogP contribution in [0.25, 0.3) is 22.0 Å². The number of nitrogens with one attached hydrogen (secondary N) is 2. The minimum Gasteiger partial charge on any atom is -0.480 e. The number of carbonyl (C=O) groups is 4. The highest BCUT2D eigenvalue weighted by Crippen LogP contribution is 2.56. The standard InChI is InChI=1S/C52H56ClF4N9O7/c1-27-39-37(21-36(55)43(53)42(39)41-34(47(58)69)22-59-49(45(41)57)72-19-18-67)73-52(27,31-6-4-3-5-7-31)26-60-32-10-8-30(9-11-32)50(70)65-24-28(25-65)23-64-15-12-29(13-16-64)40-35(54)20-33-46(44(40)56)63(2)62-48(33)66-17-14-38(68)61-51(66)71/h3-7,20-22,27-30,32,60,67H,8-19,23-26H2,1-2H3,(H2,58,69)(H,61,68,71). The number of nitrogens with zero attached hydrogens (tertiary/aromatic N) is 6. The van der Waals surface area contributed by atoms with Crippen LogP contribution in [-0.4, -0.2) is 118 Å². The molecule has 2 aromatic heterocycles. The van der Waals surface area contributed by atoms with Gasteiger partial charge in [-0.15, -0.1) is 0 Å². The molecule has 6 heterocycles. The second-order valence-corrected chi connectivity index (χ2v) is 20.3. The SMILES string of the molecule is CC1c2c(cc(F)c(Cl)c2-c2c(C(N)=O)cnc(OCCO)c2F)OC1(CNC1CCC(C(=O)N2CC(CN3CCC(c4c(F)cc5c(N6CCC(=O)NC6=O)nn(C)c5c4F)CC3)C2)CC1)c1ccccc1. The van der Waals surface area contributed by atoms with E-state index < -0.39 is 75.7 Å². The molecule has 73 heavy (non-hydrogen) atoms. The number of aromatic nitrogens is 3. The van der Waals surface area contributed by atoms with E-state index in [4.69, 9.17) is 26.8 Å². The van der Waals surface area contributed by atoms with Crippen molar-refractivity contribution in [3.63, 3.8) is 0 Å². The van der Waals surface area contributed by atoms with Crippen molar-refractivity contribution in [2.24, 2.45) is 24.6 Å². The molecule has 3 saturated heterocycles. The number of piperidine rings is 1. The summed E-state index contributed by atoms with van der Waals surface area (Å²) in [6.07, 6.45) is 4.98. The molecule has 5 aliphatic rings. The maximum atomic E-state index is 16.4. The number of pyridine rings is 1. The molecule has 0 spiro atoms. The number of carbonyl (C=O) groups excluding carboxylic acids is 4. The fourth-order valence-corrected chi connectivity index (χ4v) is 12.0. The Morgan fingerprint density at radius 2 is 1.70 bits per heavy atom. The third-order valence-corrected chi connectivity index (χ3v) is 16.0. The number of likely N-dealkylation sites (tertiary alicyclic amines) is 2. The van der Waals surface area contributed by atoms with Crippen LogP contribution in [-0.2, 0) is 22.2 Å². The molecule has 2 atom stereocenters. The fourth-order valence-electron chi connectivity index (χ4n) is 11.8. The smallest absolute Gasteiger partial charge is 0.329 e. The maximum Gasteiger partial charge on any atom is 0.329 e. The number of primary amides is 1. The third kappa shape index (κ3) is 9.13. The van der Waals surface area contributed by atoms with Gasteiger partial charge < -0.3 is 35.4 Å². The lowest BCUT2D eigenvalue weighted by molar-refractivity contribution is -0.143. The number of hydrogen-bond acceptors (Lipinski definition) is 11. The average molecular weight is 1030 g/mol. The Bertz CT molecular complexity index is 3000. The van der Waals surface area contributed by atoms with Crippen LogP contribution in [0.3, 0.4) is 0 Å². The molecule has 5 N–H and O–H groups in total. The van der Waals surface area contributed by atoms with Crippen molar-refractivity contribution in [2.45, 2.75) is 75.3 Å². The molecule has 5 amide bonds. The maximum absolute atomic E-state index is 16.4. The fraction of sp³-hybridized carbons (Fsp3) is 0.462. The van der Waals surface area contributed by atoms with Crippen LogP contribution in [0.15, 0.2) is 48.7 Å². The number of imide groups is 1. The van der Waals surface area contributed by atoms with Gasteiger partial charge in [-0.3, -0.25) is 29.3 Å². The Labute approximate surface area is 423 Å². The van der Waals surface area contributed by atoms with Crippen molar-refractivity contribution in [1.29, 1.82) is 0 Å². The van der Waals surface area contributed by atoms with Crippen LogP contribution in [0.5, 0.6) is 11.6 Å². The zero-order valence-electron chi connectivity index (χ0n) is 40.4. The van der Waals surface area contributed by atoms with Crippen LogP contribution in [0.4, 0.5) is 28.2 Å². The summed E-state index contributed by atoms with van der Waals surface area (Å²) in [4.78, 5) is 60.1. The lowest BCUT2D eigenvalue weighted by Gasteiger charge is -2.45. The first kappa shape index (κ1) is 50.2. The van der Waals surface area contributed by atoms with E-state index in [1.165, 1.54) is 15.6 Å². The molecule has 21 heteroatoms. The summed E-state index contributed by atoms with van der Waals surface area (Å²) < 4.78 is 77.6. The number of hydrogen-bond donors (Lipinski definition) is 4. The summed E-state index contributed by atoms with van der Waals surface area (Å²) in [6.45, 7) is 4.82. The van der Waals surface area contributed by atoms with Gasteiger partial charge in [0.1, 0.15) is 29.5 Å². The highest BCUT2D eigenvalue weighted by Gasteiger charge is 2.51. The molecule has 16 nitrogen and oxygen atoms in total. The Kier molecular flexibility index (Phi) is 13.9. The van der Waals surface area contributed by atoms with Crippen LogP contribution in [0.2, 0.25) is 5.02 Å². The molecule has 0 radical (unpaired) electrons. The number of urea groups is 1. The van der Waals surface area contributed by atoms with E-state index in [0.29, 0.717) is 57.4 Å². The Hall–Kier alpha value is -6.35. The van der Waals surface area contributed by atoms with Crippen LogP contribution in [0, 0.1) is 35.1 Å². The number of amides is 5. The summed E-state index contributed by atoms with van der Waals surface area (Å²) >= 11 is 6.68. The van der Waals surface area contributed by atoms with Gasteiger partial charge in [0.25, 0.3) is 11.8 Å². The van der Waals surface area contributed by atoms with Crippen LogP contribution in [0.1, 0.15) is 90.8 Å². The van der Waals surface area contributed by atoms with Crippen molar-refractivity contribution in [3.05, 3.63) is 99.2 Å². The highest BCUT2D eigenvalue weighted by molar-refractivity contribution is 6.34. The monoisotopic (exact) mass is 1030 g/mol. The predicted molar refractivity (Wildman–Crippen MR) is 261 cm³/mol. The molecule has 386 valence electrons.